The van der Waals surface area contributed by atoms with E-state index in [-0.39, 0.29) is 5.57 Å². The van der Waals surface area contributed by atoms with Crippen LogP contribution in [0.15, 0.2) is 48.2 Å². The van der Waals surface area contributed by atoms with Crippen molar-refractivity contribution in [3.05, 3.63) is 48.2 Å². The number of nitriles is 2. The predicted molar refractivity (Wildman–Crippen MR) is 73.4 cm³/mol. The van der Waals surface area contributed by atoms with Gasteiger partial charge in [0.25, 0.3) is 0 Å². The minimum Gasteiger partial charge on any atom is -0.496 e. The van der Waals surface area contributed by atoms with E-state index in [0.717, 1.165) is 22.2 Å². The molecule has 2 aromatic rings. The molecule has 0 aliphatic heterocycles. The van der Waals surface area contributed by atoms with Gasteiger partial charge < -0.3 is 10.1 Å². The van der Waals surface area contributed by atoms with E-state index in [2.05, 4.69) is 5.32 Å². The second-order valence-electron chi connectivity index (χ2n) is 3.83. The molecule has 0 heterocycles. The number of nitrogens with one attached hydrogen (secondary N) is 1. The molecule has 0 radical (unpaired) electrons. The number of methoxy groups -OCH3 is 1. The quantitative estimate of drug-likeness (QED) is 0.848. The lowest BCUT2D eigenvalue weighted by Gasteiger charge is -2.09. The fourth-order valence-electron chi connectivity index (χ4n) is 1.77. The second-order valence-corrected chi connectivity index (χ2v) is 3.83. The molecule has 0 saturated heterocycles. The van der Waals surface area contributed by atoms with E-state index in [0.29, 0.717) is 0 Å². The third kappa shape index (κ3) is 2.65. The average Bonchev–Trinajstić information content (AvgIpc) is 2.47. The molecule has 0 aliphatic rings. The lowest BCUT2D eigenvalue weighted by molar-refractivity contribution is 0.420. The Morgan fingerprint density at radius 1 is 1.21 bits per heavy atom. The molecule has 0 unspecified atom stereocenters. The third-order valence-electron chi connectivity index (χ3n) is 2.67. The van der Waals surface area contributed by atoms with Gasteiger partial charge >= 0.3 is 0 Å². The van der Waals surface area contributed by atoms with Gasteiger partial charge in [0.2, 0.25) is 0 Å². The summed E-state index contributed by atoms with van der Waals surface area (Å²) >= 11 is 0. The molecule has 4 nitrogen and oxygen atoms in total. The van der Waals surface area contributed by atoms with Crippen molar-refractivity contribution in [1.29, 1.82) is 10.5 Å². The van der Waals surface area contributed by atoms with Crippen molar-refractivity contribution in [2.75, 3.05) is 12.4 Å². The minimum atomic E-state index is 0.0205. The van der Waals surface area contributed by atoms with Crippen molar-refractivity contribution in [2.24, 2.45) is 0 Å². The van der Waals surface area contributed by atoms with Gasteiger partial charge in [-0.25, -0.2) is 0 Å². The first-order valence-corrected chi connectivity index (χ1v) is 5.62. The summed E-state index contributed by atoms with van der Waals surface area (Å²) in [6.45, 7) is 0. The van der Waals surface area contributed by atoms with Crippen molar-refractivity contribution >= 4 is 16.5 Å². The minimum absolute atomic E-state index is 0.0205. The van der Waals surface area contributed by atoms with Gasteiger partial charge in [-0.3, -0.25) is 0 Å². The zero-order valence-electron chi connectivity index (χ0n) is 10.3. The Morgan fingerprint density at radius 3 is 2.63 bits per heavy atom. The van der Waals surface area contributed by atoms with E-state index >= 15 is 0 Å². The number of benzene rings is 2. The zero-order valence-corrected chi connectivity index (χ0v) is 10.3. The molecule has 2 rings (SSSR count). The summed E-state index contributed by atoms with van der Waals surface area (Å²) in [5.41, 5.74) is 0.783. The first-order chi connectivity index (χ1) is 9.28. The van der Waals surface area contributed by atoms with Crippen LogP contribution in [-0.2, 0) is 0 Å². The Kier molecular flexibility index (Phi) is 3.66. The van der Waals surface area contributed by atoms with Gasteiger partial charge in [0.1, 0.15) is 23.5 Å². The van der Waals surface area contributed by atoms with Gasteiger partial charge in [0, 0.05) is 23.3 Å². The van der Waals surface area contributed by atoms with E-state index in [1.807, 2.05) is 36.4 Å². The molecular weight excluding hydrogens is 238 g/mol. The SMILES string of the molecule is COc1cc(NC=C(C#N)C#N)cc2ccccc12. The summed E-state index contributed by atoms with van der Waals surface area (Å²) < 4.78 is 5.34. The summed E-state index contributed by atoms with van der Waals surface area (Å²) in [6, 6.07) is 15.2. The lowest BCUT2D eigenvalue weighted by Crippen LogP contribution is -1.92. The van der Waals surface area contributed by atoms with Crippen molar-refractivity contribution in [2.45, 2.75) is 0 Å². The second kappa shape index (κ2) is 5.57. The predicted octanol–water partition coefficient (Wildman–Crippen LogP) is 3.19. The first-order valence-electron chi connectivity index (χ1n) is 5.62. The molecule has 0 saturated carbocycles. The Bertz CT molecular complexity index is 704. The van der Waals surface area contributed by atoms with Crippen molar-refractivity contribution < 1.29 is 4.74 Å². The fourth-order valence-corrected chi connectivity index (χ4v) is 1.77. The Hall–Kier alpha value is -2.98. The number of allylic oxidation sites excluding steroid dienone is 1. The molecular formula is C15H11N3O. The number of rotatable bonds is 3. The van der Waals surface area contributed by atoms with Crippen LogP contribution >= 0.6 is 0 Å². The molecule has 4 heteroatoms. The number of hydrogen-bond donors (Lipinski definition) is 1. The zero-order chi connectivity index (χ0) is 13.7. The summed E-state index contributed by atoms with van der Waals surface area (Å²) in [7, 11) is 1.61. The molecule has 0 aromatic heterocycles. The average molecular weight is 249 g/mol. The first kappa shape index (κ1) is 12.5. The highest BCUT2D eigenvalue weighted by Gasteiger charge is 2.03. The summed E-state index contributed by atoms with van der Waals surface area (Å²) in [5, 5.41) is 22.3. The number of anilines is 1. The number of fused-ring (bicyclic) bond motifs is 1. The monoisotopic (exact) mass is 249 g/mol. The molecule has 0 atom stereocenters. The summed E-state index contributed by atoms with van der Waals surface area (Å²) in [6.07, 6.45) is 1.38. The number of ether oxygens (including phenoxy) is 1. The highest BCUT2D eigenvalue weighted by Crippen LogP contribution is 2.29. The number of hydrogen-bond acceptors (Lipinski definition) is 4. The van der Waals surface area contributed by atoms with Crippen molar-refractivity contribution in [3.63, 3.8) is 0 Å². The molecule has 0 amide bonds. The normalized spacial score (nSPS) is 9.21. The van der Waals surface area contributed by atoms with Crippen LogP contribution in [0.1, 0.15) is 0 Å². The maximum absolute atomic E-state index is 8.67. The van der Waals surface area contributed by atoms with Gasteiger partial charge in [-0.05, 0) is 11.5 Å². The largest absolute Gasteiger partial charge is 0.496 e. The van der Waals surface area contributed by atoms with Gasteiger partial charge in [-0.1, -0.05) is 24.3 Å². The third-order valence-corrected chi connectivity index (χ3v) is 2.67. The van der Waals surface area contributed by atoms with Gasteiger partial charge in [-0.2, -0.15) is 10.5 Å². The Labute approximate surface area is 111 Å². The van der Waals surface area contributed by atoms with Gasteiger partial charge in [-0.15, -0.1) is 0 Å². The molecule has 0 aliphatic carbocycles. The van der Waals surface area contributed by atoms with Gasteiger partial charge in [0.05, 0.1) is 7.11 Å². The van der Waals surface area contributed by atoms with Crippen LogP contribution in [0.5, 0.6) is 5.75 Å². The molecule has 0 spiro atoms. The molecule has 0 fully saturated rings. The standard InChI is InChI=1S/C15H11N3O/c1-19-15-7-13(18-10-11(8-16)9-17)6-12-4-2-3-5-14(12)15/h2-7,10,18H,1H3. The van der Waals surface area contributed by atoms with Crippen molar-refractivity contribution in [3.8, 4) is 17.9 Å². The van der Waals surface area contributed by atoms with Crippen LogP contribution in [0.3, 0.4) is 0 Å². The van der Waals surface area contributed by atoms with E-state index in [9.17, 15) is 0 Å². The maximum Gasteiger partial charge on any atom is 0.145 e. The molecule has 1 N–H and O–H groups in total. The highest BCUT2D eigenvalue weighted by atomic mass is 16.5. The van der Waals surface area contributed by atoms with E-state index < -0.39 is 0 Å². The summed E-state index contributed by atoms with van der Waals surface area (Å²) in [4.78, 5) is 0. The number of nitrogens with zero attached hydrogens (tertiary/aromatic N) is 2. The molecule has 92 valence electrons. The Balaban J connectivity index is 2.44. The van der Waals surface area contributed by atoms with E-state index in [1.165, 1.54) is 6.20 Å². The van der Waals surface area contributed by atoms with Crippen LogP contribution < -0.4 is 10.1 Å². The molecule has 2 aromatic carbocycles. The van der Waals surface area contributed by atoms with Gasteiger partial charge in [0.15, 0.2) is 0 Å². The summed E-state index contributed by atoms with van der Waals surface area (Å²) in [5.74, 6) is 0.740. The van der Waals surface area contributed by atoms with Crippen LogP contribution in [-0.4, -0.2) is 7.11 Å². The molecule has 0 bridgehead atoms. The lowest BCUT2D eigenvalue weighted by atomic mass is 10.1. The fraction of sp³-hybridized carbons (Fsp3) is 0.0667. The van der Waals surface area contributed by atoms with Crippen LogP contribution in [0.4, 0.5) is 5.69 Å². The smallest absolute Gasteiger partial charge is 0.145 e. The van der Waals surface area contributed by atoms with E-state index in [4.69, 9.17) is 15.3 Å². The van der Waals surface area contributed by atoms with Crippen molar-refractivity contribution in [1.82, 2.24) is 0 Å². The van der Waals surface area contributed by atoms with E-state index in [1.54, 1.807) is 19.2 Å². The van der Waals surface area contributed by atoms with Crippen LogP contribution in [0, 0.1) is 22.7 Å². The van der Waals surface area contributed by atoms with Crippen LogP contribution in [0.2, 0.25) is 0 Å². The van der Waals surface area contributed by atoms with Crippen LogP contribution in [0.25, 0.3) is 10.8 Å². The highest BCUT2D eigenvalue weighted by molar-refractivity contribution is 5.91. The Morgan fingerprint density at radius 2 is 1.95 bits per heavy atom. The maximum atomic E-state index is 8.67. The topological polar surface area (TPSA) is 68.8 Å². The molecule has 19 heavy (non-hydrogen) atoms.